The van der Waals surface area contributed by atoms with E-state index in [0.717, 1.165) is 37.2 Å². The van der Waals surface area contributed by atoms with Gasteiger partial charge in [-0.3, -0.25) is 9.59 Å². The van der Waals surface area contributed by atoms with Gasteiger partial charge in [-0.2, -0.15) is 0 Å². The van der Waals surface area contributed by atoms with Gasteiger partial charge in [0, 0.05) is 30.6 Å². The topological polar surface area (TPSA) is 76.7 Å². The Morgan fingerprint density at radius 1 is 1.09 bits per heavy atom. The molecule has 0 amide bonds. The number of hydrogen-bond donors (Lipinski definition) is 1. The summed E-state index contributed by atoms with van der Waals surface area (Å²) in [6.45, 7) is 6.51. The molecule has 32 heavy (non-hydrogen) atoms. The summed E-state index contributed by atoms with van der Waals surface area (Å²) < 4.78 is 12.2. The number of aliphatic hydroxyl groups excluding tert-OH is 1. The summed E-state index contributed by atoms with van der Waals surface area (Å²) >= 11 is 0. The first kappa shape index (κ1) is 20.7. The van der Waals surface area contributed by atoms with Crippen LogP contribution in [0.15, 0.2) is 28.2 Å². The molecule has 0 radical (unpaired) electrons. The number of carbonyl (C=O) groups excluding carboxylic acids is 2. The third-order valence-electron chi connectivity index (χ3n) is 10.4. The van der Waals surface area contributed by atoms with E-state index in [0.29, 0.717) is 37.4 Å². The molecule has 2 heterocycles. The van der Waals surface area contributed by atoms with Crippen molar-refractivity contribution in [2.24, 2.45) is 28.6 Å². The van der Waals surface area contributed by atoms with Crippen LogP contribution in [0.25, 0.3) is 0 Å². The van der Waals surface area contributed by atoms with Gasteiger partial charge in [-0.25, -0.2) is 0 Å². The van der Waals surface area contributed by atoms with Gasteiger partial charge in [0.25, 0.3) is 0 Å². The molecule has 1 aliphatic heterocycles. The number of aliphatic hydroxyl groups is 1. The van der Waals surface area contributed by atoms with Gasteiger partial charge in [0.15, 0.2) is 0 Å². The van der Waals surface area contributed by atoms with E-state index >= 15 is 0 Å². The number of furan rings is 1. The molecular formula is C27H34O5. The number of esters is 1. The van der Waals surface area contributed by atoms with Crippen LogP contribution in [-0.2, 0) is 14.3 Å². The number of hydrogen-bond acceptors (Lipinski definition) is 5. The van der Waals surface area contributed by atoms with Crippen molar-refractivity contribution >= 4 is 11.8 Å². The second-order valence-corrected chi connectivity index (χ2v) is 11.7. The van der Waals surface area contributed by atoms with Gasteiger partial charge in [-0.05, 0) is 74.3 Å². The number of ether oxygens (including phenoxy) is 1. The lowest BCUT2D eigenvalue weighted by atomic mass is 9.44. The highest BCUT2D eigenvalue weighted by atomic mass is 16.6. The summed E-state index contributed by atoms with van der Waals surface area (Å²) in [5, 5.41) is 11.8. The lowest BCUT2D eigenvalue weighted by molar-refractivity contribution is -0.184. The van der Waals surface area contributed by atoms with Crippen molar-refractivity contribution in [1.82, 2.24) is 0 Å². The van der Waals surface area contributed by atoms with E-state index in [-0.39, 0.29) is 34.6 Å². The Balaban J connectivity index is 1.51. The molecule has 0 bridgehead atoms. The van der Waals surface area contributed by atoms with Gasteiger partial charge < -0.3 is 14.3 Å². The zero-order valence-corrected chi connectivity index (χ0v) is 19.4. The highest BCUT2D eigenvalue weighted by Gasteiger charge is 2.70. The fraction of sp³-hybridized carbons (Fsp3) is 0.704. The summed E-state index contributed by atoms with van der Waals surface area (Å²) in [4.78, 5) is 24.6. The highest BCUT2D eigenvalue weighted by Crippen LogP contribution is 2.71. The van der Waals surface area contributed by atoms with Crippen LogP contribution in [0.2, 0.25) is 0 Å². The minimum Gasteiger partial charge on any atom is -0.466 e. The molecule has 4 aliphatic carbocycles. The highest BCUT2D eigenvalue weighted by molar-refractivity contribution is 5.83. The Morgan fingerprint density at radius 3 is 2.59 bits per heavy atom. The fourth-order valence-electron chi connectivity index (χ4n) is 8.80. The molecule has 5 nitrogen and oxygen atoms in total. The van der Waals surface area contributed by atoms with Crippen LogP contribution in [0.3, 0.4) is 0 Å². The largest absolute Gasteiger partial charge is 0.466 e. The van der Waals surface area contributed by atoms with Crippen LogP contribution >= 0.6 is 0 Å². The molecule has 3 saturated carbocycles. The molecule has 172 valence electrons. The third-order valence-corrected chi connectivity index (χ3v) is 10.4. The Hall–Kier alpha value is -1.88. The average Bonchev–Trinajstić information content (AvgIpc) is 3.40. The van der Waals surface area contributed by atoms with Crippen molar-refractivity contribution in [2.75, 3.05) is 0 Å². The van der Waals surface area contributed by atoms with E-state index in [1.807, 2.05) is 13.0 Å². The first-order chi connectivity index (χ1) is 15.2. The number of carbonyl (C=O) groups is 2. The Bertz CT molecular complexity index is 1020. The van der Waals surface area contributed by atoms with Gasteiger partial charge >= 0.3 is 5.97 Å². The second-order valence-electron chi connectivity index (χ2n) is 11.7. The molecule has 1 saturated heterocycles. The van der Waals surface area contributed by atoms with E-state index in [1.165, 1.54) is 5.57 Å². The van der Waals surface area contributed by atoms with Crippen molar-refractivity contribution < 1.29 is 23.8 Å². The van der Waals surface area contributed by atoms with E-state index < -0.39 is 11.7 Å². The molecule has 1 spiro atoms. The number of fused-ring (bicyclic) bond motifs is 6. The molecule has 1 N–H and O–H groups in total. The molecule has 1 aromatic rings. The molecule has 0 aromatic carbocycles. The molecule has 5 heteroatoms. The average molecular weight is 439 g/mol. The van der Waals surface area contributed by atoms with Crippen molar-refractivity contribution in [3.05, 3.63) is 35.3 Å². The summed E-state index contributed by atoms with van der Waals surface area (Å²) in [6.07, 6.45) is 7.52. The molecule has 5 aliphatic rings. The predicted octanol–water partition coefficient (Wildman–Crippen LogP) is 4.86. The van der Waals surface area contributed by atoms with Crippen LogP contribution in [-0.4, -0.2) is 28.6 Å². The summed E-state index contributed by atoms with van der Waals surface area (Å²) in [5.74, 6) is 2.69. The van der Waals surface area contributed by atoms with Crippen LogP contribution in [0.5, 0.6) is 0 Å². The zero-order chi connectivity index (χ0) is 22.5. The normalized spacial score (nSPS) is 47.6. The second kappa shape index (κ2) is 6.59. The van der Waals surface area contributed by atoms with Crippen LogP contribution in [0.4, 0.5) is 0 Å². The summed E-state index contributed by atoms with van der Waals surface area (Å²) in [6, 6.07) is 4.08. The fourth-order valence-corrected chi connectivity index (χ4v) is 8.80. The van der Waals surface area contributed by atoms with Crippen LogP contribution in [0, 0.1) is 35.5 Å². The van der Waals surface area contributed by atoms with Crippen LogP contribution in [0.1, 0.15) is 82.7 Å². The van der Waals surface area contributed by atoms with Crippen molar-refractivity contribution in [2.45, 2.75) is 89.8 Å². The maximum atomic E-state index is 12.4. The Labute approximate surface area is 189 Å². The minimum absolute atomic E-state index is 0.0363. The molecule has 7 unspecified atom stereocenters. The summed E-state index contributed by atoms with van der Waals surface area (Å²) in [5.41, 5.74) is 0.333. The van der Waals surface area contributed by atoms with E-state index in [4.69, 9.17) is 9.15 Å². The predicted molar refractivity (Wildman–Crippen MR) is 118 cm³/mol. The van der Waals surface area contributed by atoms with Gasteiger partial charge in [-0.1, -0.05) is 25.5 Å². The van der Waals surface area contributed by atoms with Crippen molar-refractivity contribution in [3.8, 4) is 0 Å². The molecule has 8 atom stereocenters. The third kappa shape index (κ3) is 2.55. The quantitative estimate of drug-likeness (QED) is 0.500. The molecule has 6 rings (SSSR count). The van der Waals surface area contributed by atoms with Crippen molar-refractivity contribution in [1.29, 1.82) is 0 Å². The molecule has 1 aromatic heterocycles. The maximum Gasteiger partial charge on any atom is 0.306 e. The number of allylic oxidation sites excluding steroid dienone is 2. The molecular weight excluding hydrogens is 404 g/mol. The minimum atomic E-state index is -0.490. The SMILES string of the molecule is Cc1ccc(C2C=C3CC(=O)CCC3(C)C3C2C2CCC4(CCC(=O)O4)C2(C)C[C@H]3O)o1. The first-order valence-corrected chi connectivity index (χ1v) is 12.4. The standard InChI is InChI=1S/C27H34O5/c1-15-4-5-21(31-15)18-13-16-12-17(28)6-9-25(16,2)24-20(29)14-26(3)19(23(18)24)7-10-27(26)11-8-22(30)32-27/h4-5,13,18-20,23-24,29H,6-12,14H2,1-3H3/t18?,19?,20-,23?,24?,25?,26?,27?/m1/s1. The smallest absolute Gasteiger partial charge is 0.306 e. The van der Waals surface area contributed by atoms with Gasteiger partial charge in [0.05, 0.1) is 6.10 Å². The maximum absolute atomic E-state index is 12.4. The van der Waals surface area contributed by atoms with Crippen LogP contribution < -0.4 is 0 Å². The van der Waals surface area contributed by atoms with Gasteiger partial charge in [0.1, 0.15) is 22.9 Å². The van der Waals surface area contributed by atoms with Gasteiger partial charge in [0.2, 0.25) is 0 Å². The monoisotopic (exact) mass is 438 g/mol. The number of ketones is 1. The van der Waals surface area contributed by atoms with Gasteiger partial charge in [-0.15, -0.1) is 0 Å². The molecule has 4 fully saturated rings. The lowest BCUT2D eigenvalue weighted by Gasteiger charge is -2.61. The first-order valence-electron chi connectivity index (χ1n) is 12.4. The Morgan fingerprint density at radius 2 is 1.91 bits per heavy atom. The lowest BCUT2D eigenvalue weighted by Crippen LogP contribution is -2.60. The van der Waals surface area contributed by atoms with E-state index in [1.54, 1.807) is 0 Å². The van der Waals surface area contributed by atoms with E-state index in [2.05, 4.69) is 26.0 Å². The number of rotatable bonds is 1. The van der Waals surface area contributed by atoms with E-state index in [9.17, 15) is 14.7 Å². The number of aryl methyl sites for hydroxylation is 1. The van der Waals surface area contributed by atoms with Crippen molar-refractivity contribution in [3.63, 3.8) is 0 Å². The summed E-state index contributed by atoms with van der Waals surface area (Å²) in [7, 11) is 0. The number of Topliss-reactive ketones (excluding diaryl/α,β-unsaturated/α-hetero) is 1. The Kier molecular flexibility index (Phi) is 4.26. The zero-order valence-electron chi connectivity index (χ0n) is 19.4.